The number of benzene rings is 1. The van der Waals surface area contributed by atoms with E-state index in [9.17, 15) is 35.5 Å². The summed E-state index contributed by atoms with van der Waals surface area (Å²) in [6, 6.07) is 14.4. The highest BCUT2D eigenvalue weighted by molar-refractivity contribution is 5.94. The third-order valence-electron chi connectivity index (χ3n) is 6.54. The molecule has 2 aliphatic rings. The second kappa shape index (κ2) is 13.7. The first-order valence-corrected chi connectivity index (χ1v) is 12.6. The molecule has 0 aliphatic carbocycles. The zero-order chi connectivity index (χ0) is 32.8. The molecule has 1 saturated heterocycles. The summed E-state index contributed by atoms with van der Waals surface area (Å²) in [6.07, 6.45) is -6.45. The van der Waals surface area contributed by atoms with Crippen molar-refractivity contribution in [1.29, 1.82) is 0 Å². The lowest BCUT2D eigenvalue weighted by Gasteiger charge is -2.38. The predicted molar refractivity (Wildman–Crippen MR) is 137 cm³/mol. The van der Waals surface area contributed by atoms with Crippen LogP contribution in [-0.4, -0.2) is 86.0 Å². The Hall–Kier alpha value is -4.67. The Balaban J connectivity index is 0.000000317. The van der Waals surface area contributed by atoms with Gasteiger partial charge in [-0.15, -0.1) is 0 Å². The lowest BCUT2D eigenvalue weighted by molar-refractivity contribution is -0.193. The predicted octanol–water partition coefficient (Wildman–Crippen LogP) is 4.38. The van der Waals surface area contributed by atoms with Crippen LogP contribution in [0.15, 0.2) is 60.9 Å². The van der Waals surface area contributed by atoms with Gasteiger partial charge in [-0.25, -0.2) is 19.0 Å². The van der Waals surface area contributed by atoms with Crippen LogP contribution in [0.25, 0.3) is 0 Å². The first kappa shape index (κ1) is 33.8. The van der Waals surface area contributed by atoms with Gasteiger partial charge in [0.2, 0.25) is 5.88 Å². The topological polar surface area (TPSA) is 125 Å². The lowest BCUT2D eigenvalue weighted by atomic mass is 10.0. The van der Waals surface area contributed by atoms with E-state index >= 15 is 0 Å². The zero-order valence-electron chi connectivity index (χ0n) is 22.7. The van der Waals surface area contributed by atoms with Gasteiger partial charge in [0.1, 0.15) is 11.5 Å². The highest BCUT2D eigenvalue weighted by atomic mass is 19.4. The quantitative estimate of drug-likeness (QED) is 0.397. The third kappa shape index (κ3) is 8.46. The van der Waals surface area contributed by atoms with E-state index in [-0.39, 0.29) is 23.8 Å². The molecule has 0 spiro atoms. The molecule has 2 aromatic heterocycles. The van der Waals surface area contributed by atoms with Crippen LogP contribution in [0.4, 0.5) is 30.7 Å². The van der Waals surface area contributed by atoms with Crippen molar-refractivity contribution in [3.05, 3.63) is 83.6 Å². The first-order chi connectivity index (χ1) is 20.5. The van der Waals surface area contributed by atoms with Gasteiger partial charge >= 0.3 is 24.3 Å². The average molecular weight is 635 g/mol. The highest BCUT2D eigenvalue weighted by Crippen LogP contribution is 2.35. The van der Waals surface area contributed by atoms with Gasteiger partial charge in [0.05, 0.1) is 19.2 Å². The normalized spacial score (nSPS) is 17.8. The summed E-state index contributed by atoms with van der Waals surface area (Å²) in [7, 11) is 1.63. The molecule has 238 valence electrons. The standard InChI is InChI=1S/C23H23FN4O2.2C2HF3O2/c1-30-22-17(4-2-10-25-22)13-26-14-20-21(15-26)28(12-16-6-8-18(24)9-7-16)23(29)19-5-3-11-27(19)20;2*3-2(4,5)1(6)7/h2-11,20-21H,12-15H2,1H3;2*(H,6,7). The van der Waals surface area contributed by atoms with Gasteiger partial charge in [-0.2, -0.15) is 26.3 Å². The number of aliphatic carboxylic acids is 2. The Morgan fingerprint density at radius 3 is 2.02 bits per heavy atom. The molecule has 2 aliphatic heterocycles. The van der Waals surface area contributed by atoms with Crippen LogP contribution in [0.2, 0.25) is 0 Å². The molecule has 10 nitrogen and oxygen atoms in total. The number of rotatable bonds is 5. The second-order valence-corrected chi connectivity index (χ2v) is 9.47. The number of aromatic nitrogens is 2. The average Bonchev–Trinajstić information content (AvgIpc) is 3.60. The summed E-state index contributed by atoms with van der Waals surface area (Å²) >= 11 is 0. The number of methoxy groups -OCH3 is 1. The molecule has 44 heavy (non-hydrogen) atoms. The fraction of sp³-hybridized carbons (Fsp3) is 0.333. The molecule has 2 unspecified atom stereocenters. The maximum absolute atomic E-state index is 13.3. The Bertz CT molecular complexity index is 1440. The van der Waals surface area contributed by atoms with E-state index in [2.05, 4.69) is 14.5 Å². The first-order valence-electron chi connectivity index (χ1n) is 12.6. The molecule has 5 rings (SSSR count). The van der Waals surface area contributed by atoms with Crippen LogP contribution in [0, 0.1) is 5.82 Å². The molecule has 17 heteroatoms. The van der Waals surface area contributed by atoms with Crippen molar-refractivity contribution in [1.82, 2.24) is 19.4 Å². The van der Waals surface area contributed by atoms with Crippen molar-refractivity contribution < 1.29 is 60.1 Å². The number of ether oxygens (including phenoxy) is 1. The zero-order valence-corrected chi connectivity index (χ0v) is 22.7. The van der Waals surface area contributed by atoms with Gasteiger partial charge < -0.3 is 24.4 Å². The summed E-state index contributed by atoms with van der Waals surface area (Å²) < 4.78 is 84.3. The van der Waals surface area contributed by atoms with Crippen molar-refractivity contribution >= 4 is 17.8 Å². The largest absolute Gasteiger partial charge is 0.490 e. The molecular formula is C27H25F7N4O6. The fourth-order valence-electron chi connectivity index (χ4n) is 4.66. The summed E-state index contributed by atoms with van der Waals surface area (Å²) in [5.74, 6) is -5.13. The number of pyridine rings is 1. The van der Waals surface area contributed by atoms with Crippen molar-refractivity contribution in [3.63, 3.8) is 0 Å². The van der Waals surface area contributed by atoms with E-state index in [1.807, 2.05) is 35.4 Å². The van der Waals surface area contributed by atoms with Gasteiger partial charge in [-0.1, -0.05) is 18.2 Å². The van der Waals surface area contributed by atoms with E-state index in [0.717, 1.165) is 24.2 Å². The van der Waals surface area contributed by atoms with E-state index in [0.29, 0.717) is 24.7 Å². The molecule has 0 saturated carbocycles. The third-order valence-corrected chi connectivity index (χ3v) is 6.54. The summed E-state index contributed by atoms with van der Waals surface area (Å²) in [4.78, 5) is 39.6. The van der Waals surface area contributed by atoms with Gasteiger partial charge in [-0.3, -0.25) is 9.69 Å². The van der Waals surface area contributed by atoms with Crippen molar-refractivity contribution in [2.45, 2.75) is 37.5 Å². The maximum atomic E-state index is 13.3. The van der Waals surface area contributed by atoms with Gasteiger partial charge in [0.15, 0.2) is 0 Å². The maximum Gasteiger partial charge on any atom is 0.490 e. The molecule has 3 aromatic rings. The number of hydrogen-bond donors (Lipinski definition) is 2. The molecule has 0 bridgehead atoms. The Morgan fingerprint density at radius 1 is 0.909 bits per heavy atom. The van der Waals surface area contributed by atoms with Crippen molar-refractivity contribution in [2.24, 2.45) is 0 Å². The van der Waals surface area contributed by atoms with E-state index in [1.54, 1.807) is 25.4 Å². The molecule has 1 fully saturated rings. The van der Waals surface area contributed by atoms with E-state index < -0.39 is 24.3 Å². The number of carboxylic acids is 2. The number of amides is 1. The summed E-state index contributed by atoms with van der Waals surface area (Å²) in [6.45, 7) is 2.76. The van der Waals surface area contributed by atoms with Crippen LogP contribution in [-0.2, 0) is 22.7 Å². The molecular weight excluding hydrogens is 609 g/mol. The van der Waals surface area contributed by atoms with E-state index in [1.165, 1.54) is 12.1 Å². The van der Waals surface area contributed by atoms with Crippen molar-refractivity contribution in [3.8, 4) is 5.88 Å². The second-order valence-electron chi connectivity index (χ2n) is 9.47. The molecule has 2 N–H and O–H groups in total. The molecule has 1 aromatic carbocycles. The molecule has 1 amide bonds. The van der Waals surface area contributed by atoms with Crippen LogP contribution >= 0.6 is 0 Å². The Kier molecular flexibility index (Phi) is 10.6. The van der Waals surface area contributed by atoms with Crippen LogP contribution in [0.1, 0.15) is 27.7 Å². The van der Waals surface area contributed by atoms with Crippen LogP contribution < -0.4 is 4.74 Å². The van der Waals surface area contributed by atoms with Crippen LogP contribution in [0.3, 0.4) is 0 Å². The lowest BCUT2D eigenvalue weighted by Crippen LogP contribution is -2.49. The monoisotopic (exact) mass is 634 g/mol. The smallest absolute Gasteiger partial charge is 0.481 e. The molecule has 2 atom stereocenters. The van der Waals surface area contributed by atoms with Gasteiger partial charge in [0.25, 0.3) is 5.91 Å². The number of fused-ring (bicyclic) bond motifs is 3. The number of carboxylic acid groups (broad SMARTS) is 2. The number of nitrogens with zero attached hydrogens (tertiary/aromatic N) is 4. The summed E-state index contributed by atoms with van der Waals surface area (Å²) in [5.41, 5.74) is 2.66. The minimum Gasteiger partial charge on any atom is -0.481 e. The number of hydrogen-bond acceptors (Lipinski definition) is 6. The highest BCUT2D eigenvalue weighted by Gasteiger charge is 2.45. The number of alkyl halides is 6. The Labute approximate surface area is 244 Å². The molecule has 0 radical (unpaired) electrons. The number of likely N-dealkylation sites (tertiary alicyclic amines) is 1. The number of carbonyl (C=O) groups is 3. The SMILES string of the molecule is COc1ncccc1CN1CC2C(C1)n1cccc1C(=O)N2Cc1ccc(F)cc1.O=C(O)C(F)(F)F.O=C(O)C(F)(F)F. The minimum absolute atomic E-state index is 0.0198. The number of halogens is 7. The number of carbonyl (C=O) groups excluding carboxylic acids is 1. The van der Waals surface area contributed by atoms with Crippen LogP contribution in [0.5, 0.6) is 5.88 Å². The van der Waals surface area contributed by atoms with Crippen molar-refractivity contribution in [2.75, 3.05) is 20.2 Å². The Morgan fingerprint density at radius 2 is 1.48 bits per heavy atom. The summed E-state index contributed by atoms with van der Waals surface area (Å²) in [5, 5.41) is 14.2. The minimum atomic E-state index is -5.08. The van der Waals surface area contributed by atoms with Gasteiger partial charge in [0, 0.05) is 44.1 Å². The fourth-order valence-corrected chi connectivity index (χ4v) is 4.66. The van der Waals surface area contributed by atoms with Gasteiger partial charge in [-0.05, 0) is 35.9 Å². The molecule has 4 heterocycles. The van der Waals surface area contributed by atoms with E-state index in [4.69, 9.17) is 24.5 Å².